The number of methoxy groups -OCH3 is 1. The molecule has 1 heterocycles. The predicted molar refractivity (Wildman–Crippen MR) is 90.7 cm³/mol. The van der Waals surface area contributed by atoms with Gasteiger partial charge in [-0.3, -0.25) is 4.79 Å². The first kappa shape index (κ1) is 15.5. The highest BCUT2D eigenvalue weighted by Gasteiger charge is 2.19. The van der Waals surface area contributed by atoms with Gasteiger partial charge in [-0.1, -0.05) is 29.8 Å². The van der Waals surface area contributed by atoms with E-state index in [1.807, 2.05) is 31.2 Å². The summed E-state index contributed by atoms with van der Waals surface area (Å²) in [5, 5.41) is 3.51. The zero-order valence-electron chi connectivity index (χ0n) is 12.9. The van der Waals surface area contributed by atoms with E-state index in [-0.39, 0.29) is 11.7 Å². The van der Waals surface area contributed by atoms with Crippen LogP contribution in [-0.2, 0) is 6.54 Å². The maximum absolute atomic E-state index is 13.4. The van der Waals surface area contributed by atoms with E-state index in [0.29, 0.717) is 22.6 Å². The Balaban J connectivity index is 1.86. The molecule has 0 aliphatic heterocycles. The normalized spacial score (nSPS) is 10.7. The number of amides is 1. The van der Waals surface area contributed by atoms with Crippen molar-refractivity contribution in [2.75, 3.05) is 7.11 Å². The summed E-state index contributed by atoms with van der Waals surface area (Å²) in [5.74, 6) is -0.142. The van der Waals surface area contributed by atoms with Crippen molar-refractivity contribution in [2.24, 2.45) is 0 Å². The lowest BCUT2D eigenvalue weighted by molar-refractivity contribution is 0.0952. The van der Waals surface area contributed by atoms with Gasteiger partial charge in [0.05, 0.1) is 7.11 Å². The molecule has 118 valence electrons. The summed E-state index contributed by atoms with van der Waals surface area (Å²) in [5.41, 5.74) is 2.18. The van der Waals surface area contributed by atoms with Crippen LogP contribution in [0.5, 0.6) is 5.75 Å². The highest BCUT2D eigenvalue weighted by molar-refractivity contribution is 7.21. The minimum Gasteiger partial charge on any atom is -0.494 e. The van der Waals surface area contributed by atoms with E-state index in [2.05, 4.69) is 5.32 Å². The van der Waals surface area contributed by atoms with E-state index < -0.39 is 0 Å². The third-order valence-electron chi connectivity index (χ3n) is 3.55. The molecule has 0 saturated carbocycles. The molecular weight excluding hydrogens is 313 g/mol. The summed E-state index contributed by atoms with van der Waals surface area (Å²) in [6.45, 7) is 2.45. The Morgan fingerprint density at radius 3 is 2.83 bits per heavy atom. The molecule has 0 spiro atoms. The zero-order valence-corrected chi connectivity index (χ0v) is 13.7. The van der Waals surface area contributed by atoms with E-state index >= 15 is 0 Å². The molecule has 1 N–H and O–H groups in total. The Morgan fingerprint density at radius 1 is 1.26 bits per heavy atom. The molecule has 0 saturated heterocycles. The van der Waals surface area contributed by atoms with Gasteiger partial charge < -0.3 is 10.1 Å². The van der Waals surface area contributed by atoms with Gasteiger partial charge in [0.1, 0.15) is 16.4 Å². The molecule has 3 aromatic rings. The predicted octanol–water partition coefficient (Wildman–Crippen LogP) is 4.29. The Morgan fingerprint density at radius 2 is 2.09 bits per heavy atom. The second-order valence-electron chi connectivity index (χ2n) is 5.28. The first-order valence-corrected chi connectivity index (χ1v) is 8.00. The van der Waals surface area contributed by atoms with Crippen LogP contribution >= 0.6 is 11.3 Å². The Kier molecular flexibility index (Phi) is 4.30. The minimum atomic E-state index is -0.347. The first-order chi connectivity index (χ1) is 11.1. The molecule has 3 nitrogen and oxygen atoms in total. The number of fused-ring (bicyclic) bond motifs is 1. The number of carbonyl (C=O) groups is 1. The molecule has 0 unspecified atom stereocenters. The van der Waals surface area contributed by atoms with E-state index in [0.717, 1.165) is 15.8 Å². The molecule has 0 bridgehead atoms. The van der Waals surface area contributed by atoms with Crippen LogP contribution in [0.1, 0.15) is 20.8 Å². The minimum absolute atomic E-state index is 0.218. The molecule has 0 atom stereocenters. The molecule has 0 fully saturated rings. The van der Waals surface area contributed by atoms with Gasteiger partial charge >= 0.3 is 0 Å². The number of thiophene rings is 1. The van der Waals surface area contributed by atoms with Gasteiger partial charge in [-0.25, -0.2) is 4.39 Å². The van der Waals surface area contributed by atoms with Crippen molar-refractivity contribution in [3.05, 3.63) is 64.3 Å². The monoisotopic (exact) mass is 329 g/mol. The Labute approximate surface area is 137 Å². The van der Waals surface area contributed by atoms with Crippen LogP contribution in [0.2, 0.25) is 0 Å². The number of aryl methyl sites for hydroxylation is 1. The summed E-state index contributed by atoms with van der Waals surface area (Å²) in [6.07, 6.45) is 0. The molecule has 0 radical (unpaired) electrons. The highest BCUT2D eigenvalue weighted by Crippen LogP contribution is 2.37. The quantitative estimate of drug-likeness (QED) is 0.775. The van der Waals surface area contributed by atoms with Crippen LogP contribution in [-0.4, -0.2) is 13.0 Å². The highest BCUT2D eigenvalue weighted by atomic mass is 32.1. The number of halogens is 1. The molecule has 2 aromatic carbocycles. The lowest BCUT2D eigenvalue weighted by atomic mass is 10.1. The van der Waals surface area contributed by atoms with Crippen molar-refractivity contribution in [1.29, 1.82) is 0 Å². The second-order valence-corrected chi connectivity index (χ2v) is 6.33. The zero-order chi connectivity index (χ0) is 16.4. The summed E-state index contributed by atoms with van der Waals surface area (Å²) in [6, 6.07) is 12.4. The van der Waals surface area contributed by atoms with Crippen LogP contribution in [0.25, 0.3) is 10.1 Å². The van der Waals surface area contributed by atoms with Gasteiger partial charge in [0.15, 0.2) is 0 Å². The van der Waals surface area contributed by atoms with E-state index in [9.17, 15) is 9.18 Å². The molecule has 0 aliphatic carbocycles. The fourth-order valence-electron chi connectivity index (χ4n) is 2.48. The molecule has 1 amide bonds. The first-order valence-electron chi connectivity index (χ1n) is 7.18. The lowest BCUT2D eigenvalue weighted by Gasteiger charge is -2.06. The van der Waals surface area contributed by atoms with Crippen molar-refractivity contribution in [1.82, 2.24) is 5.32 Å². The fraction of sp³-hybridized carbons (Fsp3) is 0.167. The average molecular weight is 329 g/mol. The molecular formula is C18H16FNO2S. The van der Waals surface area contributed by atoms with Gasteiger partial charge in [-0.15, -0.1) is 11.3 Å². The Hall–Kier alpha value is -2.40. The number of hydrogen-bond acceptors (Lipinski definition) is 3. The average Bonchev–Trinajstić information content (AvgIpc) is 2.90. The number of nitrogens with one attached hydrogen (secondary N) is 1. The van der Waals surface area contributed by atoms with E-state index in [1.165, 1.54) is 30.6 Å². The fourth-order valence-corrected chi connectivity index (χ4v) is 3.55. The van der Waals surface area contributed by atoms with Gasteiger partial charge in [0, 0.05) is 16.6 Å². The maximum Gasteiger partial charge on any atom is 0.265 e. The Bertz CT molecular complexity index is 873. The number of carbonyl (C=O) groups excluding carboxylic acids is 1. The van der Waals surface area contributed by atoms with Gasteiger partial charge in [-0.05, 0) is 30.7 Å². The summed E-state index contributed by atoms with van der Waals surface area (Å²) < 4.78 is 19.6. The summed E-state index contributed by atoms with van der Waals surface area (Å²) in [7, 11) is 1.49. The van der Waals surface area contributed by atoms with Gasteiger partial charge in [0.25, 0.3) is 5.91 Å². The molecule has 5 heteroatoms. The van der Waals surface area contributed by atoms with Crippen molar-refractivity contribution in [3.8, 4) is 5.75 Å². The second kappa shape index (κ2) is 6.38. The van der Waals surface area contributed by atoms with Crippen molar-refractivity contribution < 1.29 is 13.9 Å². The lowest BCUT2D eigenvalue weighted by Crippen LogP contribution is -2.22. The SMILES string of the molecule is COc1c(C(=O)NCc2cccc(C)c2)sc2ccc(F)cc12. The summed E-state index contributed by atoms with van der Waals surface area (Å²) >= 11 is 1.30. The van der Waals surface area contributed by atoms with Crippen molar-refractivity contribution >= 4 is 27.3 Å². The molecule has 0 aliphatic rings. The topological polar surface area (TPSA) is 38.3 Å². The van der Waals surface area contributed by atoms with Crippen LogP contribution in [0.15, 0.2) is 42.5 Å². The van der Waals surface area contributed by atoms with Gasteiger partial charge in [-0.2, -0.15) is 0 Å². The van der Waals surface area contributed by atoms with E-state index in [4.69, 9.17) is 4.74 Å². The van der Waals surface area contributed by atoms with Crippen LogP contribution < -0.4 is 10.1 Å². The van der Waals surface area contributed by atoms with Crippen LogP contribution in [0.4, 0.5) is 4.39 Å². The third kappa shape index (κ3) is 3.19. The number of benzene rings is 2. The number of ether oxygens (including phenoxy) is 1. The largest absolute Gasteiger partial charge is 0.494 e. The number of hydrogen-bond donors (Lipinski definition) is 1. The number of rotatable bonds is 4. The maximum atomic E-state index is 13.4. The third-order valence-corrected chi connectivity index (χ3v) is 4.70. The van der Waals surface area contributed by atoms with Crippen molar-refractivity contribution in [2.45, 2.75) is 13.5 Å². The molecule has 1 aromatic heterocycles. The molecule has 3 rings (SSSR count). The molecule has 23 heavy (non-hydrogen) atoms. The van der Waals surface area contributed by atoms with Crippen molar-refractivity contribution in [3.63, 3.8) is 0 Å². The standard InChI is InChI=1S/C18H16FNO2S/c1-11-4-3-5-12(8-11)10-20-18(21)17-16(22-2)14-9-13(19)6-7-15(14)23-17/h3-9H,10H2,1-2H3,(H,20,21). The van der Waals surface area contributed by atoms with Crippen LogP contribution in [0.3, 0.4) is 0 Å². The summed E-state index contributed by atoms with van der Waals surface area (Å²) in [4.78, 5) is 12.9. The van der Waals surface area contributed by atoms with Gasteiger partial charge in [0.2, 0.25) is 0 Å². The van der Waals surface area contributed by atoms with Crippen LogP contribution in [0, 0.1) is 12.7 Å². The van der Waals surface area contributed by atoms with E-state index in [1.54, 1.807) is 6.07 Å². The smallest absolute Gasteiger partial charge is 0.265 e.